The molecule has 3 aliphatic carbocycles. The molecular weight excluding hydrogens is 1860 g/mol. The SMILES string of the molecule is C1CCC([PH+](C2CCCCC2)C2CCCCC2)CC1.C=CN(Cc1ccccc1)S(=O)(=O)c1ccc(C)cc1.Cc1cc(C)c(N2[CH-]N(c3c(C)cc(C)cc3C)CC2)c(C)c1.Cc1cc(C)c(N2[CH-]N(c3c(C)cc(C)cc3C)CC2)c(C)c1.Cc1ccc(S(=O)(=O)N([CH]=[Ru]([Cl])[Cl])Cc2ccccc2)cc1.[Cl][Cu].[Cl][Ru]([Cl])=[CH]c1ccccc1. The number of hydrogen-bond acceptors (Lipinski definition) is 8. The number of rotatable bonds is 18. The van der Waals surface area contributed by atoms with Crippen LogP contribution in [0.15, 0.2) is 211 Å². The second-order valence-corrected chi connectivity index (χ2v) is 51.0. The van der Waals surface area contributed by atoms with Gasteiger partial charge in [-0.15, -0.1) is 0 Å². The number of anilines is 4. The van der Waals surface area contributed by atoms with Gasteiger partial charge in [-0.25, -0.2) is 8.42 Å². The van der Waals surface area contributed by atoms with Gasteiger partial charge in [0, 0.05) is 63.1 Å². The molecule has 2 saturated heterocycles. The van der Waals surface area contributed by atoms with Crippen molar-refractivity contribution in [3.05, 3.63) is 309 Å². The second kappa shape index (κ2) is 49.6. The summed E-state index contributed by atoms with van der Waals surface area (Å²) >= 11 is -0.234. The maximum absolute atomic E-state index is 12.8. The second-order valence-electron chi connectivity index (χ2n) is 32.4. The van der Waals surface area contributed by atoms with E-state index in [4.69, 9.17) is 38.8 Å². The zero-order valence-electron chi connectivity index (χ0n) is 72.1. The van der Waals surface area contributed by atoms with Crippen molar-refractivity contribution >= 4 is 109 Å². The molecule has 0 atom stereocenters. The van der Waals surface area contributed by atoms with Crippen LogP contribution in [0.3, 0.4) is 0 Å². The first-order valence-corrected chi connectivity index (χ1v) is 58.4. The Morgan fingerprint density at radius 1 is 0.378 bits per heavy atom. The normalized spacial score (nSPS) is 15.4. The quantitative estimate of drug-likeness (QED) is 0.0477. The maximum atomic E-state index is 12.8. The molecule has 0 aromatic heterocycles. The predicted molar refractivity (Wildman–Crippen MR) is 507 cm³/mol. The zero-order valence-corrected chi connectivity index (χ0v) is 82.9. The van der Waals surface area contributed by atoms with Gasteiger partial charge in [-0.05, 0) is 229 Å². The molecule has 9 aromatic carbocycles. The van der Waals surface area contributed by atoms with Crippen LogP contribution in [0.2, 0.25) is 0 Å². The van der Waals surface area contributed by atoms with Gasteiger partial charge in [-0.3, -0.25) is 4.31 Å². The van der Waals surface area contributed by atoms with E-state index < -0.39 is 47.1 Å². The Morgan fingerprint density at radius 2 is 0.639 bits per heavy atom. The molecule has 0 amide bonds. The number of nitrogens with zero attached hydrogens (tertiary/aromatic N) is 6. The van der Waals surface area contributed by atoms with E-state index in [-0.39, 0.29) is 30.8 Å². The van der Waals surface area contributed by atoms with E-state index in [1.54, 1.807) is 145 Å². The first kappa shape index (κ1) is 99.4. The molecule has 5 aliphatic rings. The van der Waals surface area contributed by atoms with Crippen LogP contribution in [0.5, 0.6) is 0 Å². The van der Waals surface area contributed by atoms with Gasteiger partial charge in [0.25, 0.3) is 10.0 Å². The molecule has 0 unspecified atom stereocenters. The van der Waals surface area contributed by atoms with Gasteiger partial charge in [-0.1, -0.05) is 145 Å². The molecule has 119 heavy (non-hydrogen) atoms. The number of benzene rings is 9. The molecule has 0 bridgehead atoms. The van der Waals surface area contributed by atoms with Crippen molar-refractivity contribution in [2.24, 2.45) is 0 Å². The fourth-order valence-corrected chi connectivity index (χ4v) is 30.5. The van der Waals surface area contributed by atoms with Gasteiger partial charge < -0.3 is 19.6 Å². The van der Waals surface area contributed by atoms with Crippen molar-refractivity contribution in [1.29, 1.82) is 0 Å². The molecule has 652 valence electrons. The average molecular weight is 1990 g/mol. The Morgan fingerprint density at radius 3 is 0.899 bits per heavy atom. The molecule has 3 saturated carbocycles. The van der Waals surface area contributed by atoms with Crippen LogP contribution in [-0.4, -0.2) is 77.9 Å². The summed E-state index contributed by atoms with van der Waals surface area (Å²) in [5.41, 5.74) is 30.3. The number of aryl methyl sites for hydroxylation is 14. The molecule has 2 heterocycles. The van der Waals surface area contributed by atoms with Crippen molar-refractivity contribution in [3.63, 3.8) is 0 Å². The molecule has 9 aromatic rings. The molecular formula is C98H126Cl5CuN6O4PRu2S2-. The summed E-state index contributed by atoms with van der Waals surface area (Å²) in [7, 11) is 20.1. The Bertz CT molecular complexity index is 4600. The third-order valence-corrected chi connectivity index (χ3v) is 34.5. The fraction of sp³-hybridized carbons (Fsp3) is 0.388. The van der Waals surface area contributed by atoms with Crippen molar-refractivity contribution < 1.29 is 59.0 Å². The third kappa shape index (κ3) is 30.1. The van der Waals surface area contributed by atoms with Gasteiger partial charge in [0.05, 0.1) is 28.4 Å². The Kier molecular flexibility index (Phi) is 41.4. The van der Waals surface area contributed by atoms with Crippen LogP contribution in [-0.2, 0) is 75.3 Å². The van der Waals surface area contributed by atoms with E-state index in [9.17, 15) is 16.8 Å². The van der Waals surface area contributed by atoms with Crippen molar-refractivity contribution in [2.45, 2.75) is 233 Å². The molecule has 2 aliphatic heterocycles. The molecule has 0 N–H and O–H groups in total. The summed E-state index contributed by atoms with van der Waals surface area (Å²) in [6.45, 7) is 43.1. The number of halogens is 5. The van der Waals surface area contributed by atoms with E-state index in [0.29, 0.717) is 0 Å². The Hall–Kier alpha value is -5.03. The number of sulfonamides is 2. The van der Waals surface area contributed by atoms with Crippen LogP contribution in [0.4, 0.5) is 22.7 Å². The van der Waals surface area contributed by atoms with Crippen molar-refractivity contribution in [1.82, 2.24) is 8.61 Å². The third-order valence-electron chi connectivity index (χ3n) is 22.6. The van der Waals surface area contributed by atoms with Crippen molar-refractivity contribution in [2.75, 3.05) is 45.8 Å². The molecule has 0 radical (unpaired) electrons. The fourth-order valence-electron chi connectivity index (χ4n) is 17.8. The van der Waals surface area contributed by atoms with Crippen LogP contribution in [0.25, 0.3) is 0 Å². The zero-order chi connectivity index (χ0) is 86.5. The summed E-state index contributed by atoms with van der Waals surface area (Å²) in [6.07, 6.45) is 25.1. The summed E-state index contributed by atoms with van der Waals surface area (Å²) in [5.74, 6) is 0. The molecule has 10 nitrogen and oxygen atoms in total. The van der Waals surface area contributed by atoms with Gasteiger partial charge in [-0.2, -0.15) is 13.3 Å². The minimum atomic E-state index is -3.67. The topological polar surface area (TPSA) is 87.7 Å². The molecule has 5 fully saturated rings. The van der Waals surface area contributed by atoms with Crippen LogP contribution < -0.4 is 19.6 Å². The first-order chi connectivity index (χ1) is 56.9. The summed E-state index contributed by atoms with van der Waals surface area (Å²) in [5, 5.41) is 0. The monoisotopic (exact) mass is 1990 g/mol. The van der Waals surface area contributed by atoms with E-state index in [1.807, 2.05) is 109 Å². The van der Waals surface area contributed by atoms with E-state index in [1.165, 1.54) is 126 Å². The molecule has 14 rings (SSSR count). The Balaban J connectivity index is 0.000000179. The van der Waals surface area contributed by atoms with Gasteiger partial charge >= 0.3 is 243 Å². The van der Waals surface area contributed by atoms with E-state index in [0.717, 1.165) is 54.0 Å². The standard InChI is InChI=1S/2C21H27N2.C18H33P.C16H17NO2S.C15H15NO2S.C7H6.5ClH.Cu.2Ru/c2*1-14-9-16(3)20(17(4)10-14)22-7-8-23(13-22)21-18(5)11-15(2)12-19(21)6;1-4-10-16(11-5-1)19(17-12-6-2-7-13-17)18-14-8-3-9-15-18;1-3-17(13-15-7-5-4-6-8-15)20(18,19)16-11-9-14(2)10-12-16;1-13-8-10-15(11-9-13)19(17,18)16(2)12-14-6-4-3-5-7-14;1-7-5-3-2-4-6-7;;;;;;;;/h2*9-13H,7-8H2,1-6H3;16-18H,1-15H2;3-12H,1,13H2,2H3;2-11H,12H2,1H3;1-6H;5*1H;;;/q2*-1;;;;;;;;;;+1;2*+2/p-4. The summed E-state index contributed by atoms with van der Waals surface area (Å²) in [6, 6.07) is 60.4. The summed E-state index contributed by atoms with van der Waals surface area (Å²) < 4.78 is 56.5. The number of hydrogen-bond donors (Lipinski definition) is 0. The molecule has 21 heteroatoms. The van der Waals surface area contributed by atoms with Crippen LogP contribution in [0.1, 0.15) is 191 Å². The predicted octanol–water partition coefficient (Wildman–Crippen LogP) is 26.8. The minimum absolute atomic E-state index is 0.0465. The van der Waals surface area contributed by atoms with Crippen LogP contribution >= 0.6 is 56.8 Å². The van der Waals surface area contributed by atoms with Crippen molar-refractivity contribution in [3.8, 4) is 0 Å². The first-order valence-electron chi connectivity index (χ1n) is 41.6. The van der Waals surface area contributed by atoms with Crippen LogP contribution in [0, 0.1) is 110 Å². The average Bonchev–Trinajstić information content (AvgIpc) is 1.74. The van der Waals surface area contributed by atoms with E-state index in [2.05, 4.69) is 196 Å². The Labute approximate surface area is 756 Å². The van der Waals surface area contributed by atoms with Gasteiger partial charge in [0.2, 0.25) is 0 Å². The molecule has 0 spiro atoms. The van der Waals surface area contributed by atoms with Gasteiger partial charge in [0.15, 0.2) is 0 Å². The summed E-state index contributed by atoms with van der Waals surface area (Å²) in [4.78, 5) is 10.1. The van der Waals surface area contributed by atoms with Gasteiger partial charge in [0.1, 0.15) is 0 Å². The van der Waals surface area contributed by atoms with E-state index >= 15 is 0 Å².